The molecule has 0 radical (unpaired) electrons. The lowest BCUT2D eigenvalue weighted by Crippen LogP contribution is -3.00. The summed E-state index contributed by atoms with van der Waals surface area (Å²) in [6, 6.07) is 9.80. The number of hydrogen-bond acceptors (Lipinski definition) is 2. The van der Waals surface area contributed by atoms with E-state index in [-0.39, 0.29) is 12.4 Å². The van der Waals surface area contributed by atoms with Gasteiger partial charge in [0.1, 0.15) is 0 Å². The third-order valence-corrected chi connectivity index (χ3v) is 2.14. The number of hydrogen-bond donors (Lipinski definition) is 1. The second-order valence-corrected chi connectivity index (χ2v) is 3.01. The molecule has 0 aliphatic rings. The number of H-pyrrole nitrogens is 1. The number of nitrogens with zero attached hydrogens (tertiary/aromatic N) is 3. The predicted octanol–water partition coefficient (Wildman–Crippen LogP) is -0.126. The van der Waals surface area contributed by atoms with E-state index in [0.717, 1.165) is 16.8 Å². The summed E-state index contributed by atoms with van der Waals surface area (Å²) in [5, 5.41) is 15.3. The SMILES string of the molecule is Cc1c([N+]#N)n[nH]c1-c1ccccc1.[Cl-]. The maximum absolute atomic E-state index is 8.62. The molecule has 5 heteroatoms. The van der Waals surface area contributed by atoms with Crippen molar-refractivity contribution >= 4 is 5.82 Å². The zero-order chi connectivity index (χ0) is 9.97. The zero-order valence-electron chi connectivity index (χ0n) is 8.11. The normalized spacial score (nSPS) is 9.07. The monoisotopic (exact) mass is 220 g/mol. The first-order valence-corrected chi connectivity index (χ1v) is 4.28. The van der Waals surface area contributed by atoms with Crippen molar-refractivity contribution in [1.29, 1.82) is 5.39 Å². The Balaban J connectivity index is 0.00000112. The van der Waals surface area contributed by atoms with Crippen LogP contribution in [0.5, 0.6) is 0 Å². The molecule has 0 bridgehead atoms. The van der Waals surface area contributed by atoms with Crippen molar-refractivity contribution in [3.63, 3.8) is 0 Å². The highest BCUT2D eigenvalue weighted by Gasteiger charge is 2.19. The van der Waals surface area contributed by atoms with E-state index in [4.69, 9.17) is 5.39 Å². The number of nitrogens with one attached hydrogen (secondary N) is 1. The van der Waals surface area contributed by atoms with Crippen molar-refractivity contribution in [2.45, 2.75) is 6.92 Å². The highest BCUT2D eigenvalue weighted by molar-refractivity contribution is 5.68. The van der Waals surface area contributed by atoms with Gasteiger partial charge in [-0.05, 0) is 6.92 Å². The van der Waals surface area contributed by atoms with Gasteiger partial charge in [-0.15, -0.1) is 0 Å². The second kappa shape index (κ2) is 4.58. The minimum absolute atomic E-state index is 0. The fraction of sp³-hybridized carbons (Fsp3) is 0.100. The summed E-state index contributed by atoms with van der Waals surface area (Å²) in [5.74, 6) is 0.337. The minimum atomic E-state index is 0. The molecule has 0 fully saturated rings. The van der Waals surface area contributed by atoms with Crippen LogP contribution in [0.4, 0.5) is 5.82 Å². The molecule has 1 N–H and O–H groups in total. The van der Waals surface area contributed by atoms with E-state index in [1.807, 2.05) is 37.3 Å². The molecule has 0 amide bonds. The molecule has 0 unspecified atom stereocenters. The van der Waals surface area contributed by atoms with Crippen molar-refractivity contribution in [3.8, 4) is 11.3 Å². The molecule has 4 nitrogen and oxygen atoms in total. The van der Waals surface area contributed by atoms with Crippen LogP contribution < -0.4 is 12.4 Å². The molecule has 0 saturated heterocycles. The number of aromatic nitrogens is 2. The van der Waals surface area contributed by atoms with E-state index < -0.39 is 0 Å². The lowest BCUT2D eigenvalue weighted by Gasteiger charge is -1.94. The second-order valence-electron chi connectivity index (χ2n) is 3.01. The number of diazo groups is 1. The maximum Gasteiger partial charge on any atom is 0.491 e. The molecule has 0 spiro atoms. The first kappa shape index (κ1) is 11.2. The number of halogens is 1. The summed E-state index contributed by atoms with van der Waals surface area (Å²) in [7, 11) is 0. The molecular weight excluding hydrogens is 212 g/mol. The van der Waals surface area contributed by atoms with Crippen LogP contribution in [0.2, 0.25) is 0 Å². The zero-order valence-corrected chi connectivity index (χ0v) is 8.86. The summed E-state index contributed by atoms with van der Waals surface area (Å²) in [6.45, 7) is 1.86. The molecule has 2 rings (SSSR count). The Kier molecular flexibility index (Phi) is 3.42. The Morgan fingerprint density at radius 2 is 1.93 bits per heavy atom. The molecule has 0 aliphatic heterocycles. The summed E-state index contributed by atoms with van der Waals surface area (Å²) in [6.07, 6.45) is 0. The van der Waals surface area contributed by atoms with Crippen LogP contribution in [0.15, 0.2) is 30.3 Å². The van der Waals surface area contributed by atoms with Gasteiger partial charge >= 0.3 is 5.82 Å². The fourth-order valence-corrected chi connectivity index (χ4v) is 1.37. The van der Waals surface area contributed by atoms with Crippen LogP contribution in [0.1, 0.15) is 5.56 Å². The average Bonchev–Trinajstić information content (AvgIpc) is 2.61. The molecule has 0 saturated carbocycles. The predicted molar refractivity (Wildman–Crippen MR) is 53.5 cm³/mol. The quantitative estimate of drug-likeness (QED) is 0.681. The molecule has 0 aliphatic carbocycles. The van der Waals surface area contributed by atoms with Gasteiger partial charge in [0.15, 0.2) is 0 Å². The van der Waals surface area contributed by atoms with Gasteiger partial charge in [-0.25, -0.2) is 0 Å². The highest BCUT2D eigenvalue weighted by Crippen LogP contribution is 2.26. The van der Waals surface area contributed by atoms with Gasteiger partial charge < -0.3 is 12.4 Å². The van der Waals surface area contributed by atoms with Gasteiger partial charge in [0.25, 0.3) is 0 Å². The molecule has 1 aromatic carbocycles. The Morgan fingerprint density at radius 1 is 1.27 bits per heavy atom. The Bertz CT molecular complexity index is 484. The lowest BCUT2D eigenvalue weighted by atomic mass is 10.1. The standard InChI is InChI=1S/C10H9N4.ClH/c1-7-9(13-14-10(7)12-11)8-5-3-2-4-6-8;/h2-6H,1H3,(H,13,14);1H/q+1;/p-1. The van der Waals surface area contributed by atoms with E-state index in [1.54, 1.807) is 0 Å². The van der Waals surface area contributed by atoms with Crippen LogP contribution in [-0.2, 0) is 0 Å². The van der Waals surface area contributed by atoms with E-state index in [9.17, 15) is 0 Å². The molecule has 76 valence electrons. The van der Waals surface area contributed by atoms with E-state index >= 15 is 0 Å². The van der Waals surface area contributed by atoms with E-state index in [1.165, 1.54) is 0 Å². The van der Waals surface area contributed by atoms with E-state index in [2.05, 4.69) is 15.2 Å². The maximum atomic E-state index is 8.62. The number of benzene rings is 1. The van der Waals surface area contributed by atoms with Crippen molar-refractivity contribution < 1.29 is 12.4 Å². The number of rotatable bonds is 1. The van der Waals surface area contributed by atoms with Crippen molar-refractivity contribution in [1.82, 2.24) is 10.2 Å². The van der Waals surface area contributed by atoms with Crippen molar-refractivity contribution in [2.24, 2.45) is 0 Å². The summed E-state index contributed by atoms with van der Waals surface area (Å²) in [5.41, 5.74) is 2.77. The first-order valence-electron chi connectivity index (χ1n) is 4.28. The van der Waals surface area contributed by atoms with Gasteiger partial charge in [0.2, 0.25) is 0 Å². The Labute approximate surface area is 93.4 Å². The van der Waals surface area contributed by atoms with Crippen LogP contribution in [0.3, 0.4) is 0 Å². The molecule has 2 aromatic rings. The minimum Gasteiger partial charge on any atom is -1.00 e. The topological polar surface area (TPSA) is 56.8 Å². The first-order chi connectivity index (χ1) is 6.83. The van der Waals surface area contributed by atoms with Crippen LogP contribution >= 0.6 is 0 Å². The fourth-order valence-electron chi connectivity index (χ4n) is 1.37. The van der Waals surface area contributed by atoms with Crippen molar-refractivity contribution in [3.05, 3.63) is 40.9 Å². The largest absolute Gasteiger partial charge is 1.00 e. The number of aromatic amines is 1. The van der Waals surface area contributed by atoms with Gasteiger partial charge in [0.05, 0.1) is 21.7 Å². The van der Waals surface area contributed by atoms with E-state index in [0.29, 0.717) is 5.82 Å². The lowest BCUT2D eigenvalue weighted by molar-refractivity contribution is -0.00000318. The smallest absolute Gasteiger partial charge is 0.491 e. The molecule has 1 aromatic heterocycles. The van der Waals surface area contributed by atoms with Crippen LogP contribution in [0.25, 0.3) is 16.2 Å². The summed E-state index contributed by atoms with van der Waals surface area (Å²) >= 11 is 0. The van der Waals surface area contributed by atoms with Gasteiger partial charge in [0, 0.05) is 10.5 Å². The van der Waals surface area contributed by atoms with Crippen LogP contribution in [0, 0.1) is 12.3 Å². The molecule has 0 atom stereocenters. The third kappa shape index (κ3) is 1.97. The molecular formula is C10H9ClN4. The summed E-state index contributed by atoms with van der Waals surface area (Å²) in [4.78, 5) is 3.07. The van der Waals surface area contributed by atoms with Crippen molar-refractivity contribution in [2.75, 3.05) is 0 Å². The molecule has 1 heterocycles. The third-order valence-electron chi connectivity index (χ3n) is 2.14. The Morgan fingerprint density at radius 3 is 2.47 bits per heavy atom. The van der Waals surface area contributed by atoms with Gasteiger partial charge in [-0.2, -0.15) is 5.10 Å². The Hall–Kier alpha value is -1.86. The molecule has 15 heavy (non-hydrogen) atoms. The average molecular weight is 221 g/mol. The highest BCUT2D eigenvalue weighted by atomic mass is 35.5. The summed E-state index contributed by atoms with van der Waals surface area (Å²) < 4.78 is 0. The van der Waals surface area contributed by atoms with Crippen LogP contribution in [-0.4, -0.2) is 10.2 Å². The van der Waals surface area contributed by atoms with Gasteiger partial charge in [-0.1, -0.05) is 30.3 Å². The van der Waals surface area contributed by atoms with Gasteiger partial charge in [-0.3, -0.25) is 0 Å².